The Morgan fingerprint density at radius 2 is 1.82 bits per heavy atom. The van der Waals surface area contributed by atoms with Gasteiger partial charge in [0.1, 0.15) is 0 Å². The monoisotopic (exact) mass is 240 g/mol. The first-order valence-electron chi connectivity index (χ1n) is 6.89. The van der Waals surface area contributed by atoms with Crippen molar-refractivity contribution >= 4 is 5.91 Å². The van der Waals surface area contributed by atoms with Gasteiger partial charge in [-0.15, -0.1) is 0 Å². The van der Waals surface area contributed by atoms with Crippen molar-refractivity contribution in [3.63, 3.8) is 0 Å². The van der Waals surface area contributed by atoms with Gasteiger partial charge >= 0.3 is 0 Å². The summed E-state index contributed by atoms with van der Waals surface area (Å²) in [6.07, 6.45) is 6.38. The van der Waals surface area contributed by atoms with Gasteiger partial charge < -0.3 is 11.1 Å². The fourth-order valence-electron chi connectivity index (χ4n) is 2.26. The molecule has 0 spiro atoms. The summed E-state index contributed by atoms with van der Waals surface area (Å²) in [4.78, 5) is 11.7. The standard InChI is InChI=1S/C14H28N2O/c1-14(2,3)10-16-13(17)9-6-11-4-7-12(15)8-5-11/h11-12H,4-10,15H2,1-3H3,(H,16,17). The van der Waals surface area contributed by atoms with Crippen LogP contribution in [0.4, 0.5) is 0 Å². The third kappa shape index (κ3) is 6.67. The fraction of sp³-hybridized carbons (Fsp3) is 0.929. The summed E-state index contributed by atoms with van der Waals surface area (Å²) in [5.74, 6) is 0.921. The van der Waals surface area contributed by atoms with E-state index in [0.717, 1.165) is 31.7 Å². The van der Waals surface area contributed by atoms with E-state index in [4.69, 9.17) is 5.73 Å². The van der Waals surface area contributed by atoms with Gasteiger partial charge in [-0.3, -0.25) is 4.79 Å². The van der Waals surface area contributed by atoms with E-state index in [1.54, 1.807) is 0 Å². The number of hydrogen-bond donors (Lipinski definition) is 2. The van der Waals surface area contributed by atoms with Crippen LogP contribution in [0.5, 0.6) is 0 Å². The predicted octanol–water partition coefficient (Wildman–Crippen LogP) is 2.45. The number of carbonyl (C=O) groups excluding carboxylic acids is 1. The minimum atomic E-state index is 0.174. The molecule has 1 aliphatic rings. The van der Waals surface area contributed by atoms with Crippen molar-refractivity contribution in [2.24, 2.45) is 17.1 Å². The Labute approximate surface area is 106 Å². The van der Waals surface area contributed by atoms with E-state index in [9.17, 15) is 4.79 Å². The molecule has 1 amide bonds. The number of carbonyl (C=O) groups is 1. The van der Waals surface area contributed by atoms with Crippen LogP contribution in [0, 0.1) is 11.3 Å². The molecule has 0 heterocycles. The van der Waals surface area contributed by atoms with Crippen LogP contribution in [0.15, 0.2) is 0 Å². The first kappa shape index (κ1) is 14.5. The molecule has 0 aromatic carbocycles. The molecule has 3 N–H and O–H groups in total. The molecule has 0 bridgehead atoms. The lowest BCUT2D eigenvalue weighted by atomic mass is 9.84. The van der Waals surface area contributed by atoms with Crippen molar-refractivity contribution in [3.05, 3.63) is 0 Å². The average Bonchev–Trinajstić information content (AvgIpc) is 2.25. The molecule has 0 atom stereocenters. The van der Waals surface area contributed by atoms with Gasteiger partial charge in [0.25, 0.3) is 0 Å². The maximum Gasteiger partial charge on any atom is 0.220 e. The molecule has 0 aromatic heterocycles. The molecule has 1 fully saturated rings. The molecular formula is C14H28N2O. The van der Waals surface area contributed by atoms with Crippen molar-refractivity contribution < 1.29 is 4.79 Å². The molecule has 1 rings (SSSR count). The molecule has 1 saturated carbocycles. The zero-order valence-electron chi connectivity index (χ0n) is 11.6. The topological polar surface area (TPSA) is 55.1 Å². The van der Waals surface area contributed by atoms with Crippen molar-refractivity contribution in [2.45, 2.75) is 65.3 Å². The van der Waals surface area contributed by atoms with Gasteiger partial charge in [0.2, 0.25) is 5.91 Å². The lowest BCUT2D eigenvalue weighted by Crippen LogP contribution is -2.32. The fourth-order valence-corrected chi connectivity index (χ4v) is 2.26. The molecule has 0 aliphatic heterocycles. The SMILES string of the molecule is CC(C)(C)CNC(=O)CCC1CCC(N)CC1. The van der Waals surface area contributed by atoms with E-state index in [-0.39, 0.29) is 11.3 Å². The summed E-state index contributed by atoms with van der Waals surface area (Å²) in [6, 6.07) is 0.404. The summed E-state index contributed by atoms with van der Waals surface area (Å²) in [6.45, 7) is 7.17. The van der Waals surface area contributed by atoms with Crippen LogP contribution in [-0.4, -0.2) is 18.5 Å². The van der Waals surface area contributed by atoms with Crippen molar-refractivity contribution in [1.29, 1.82) is 0 Å². The second-order valence-corrected chi connectivity index (χ2v) is 6.66. The highest BCUT2D eigenvalue weighted by Gasteiger charge is 2.19. The Balaban J connectivity index is 2.11. The lowest BCUT2D eigenvalue weighted by Gasteiger charge is -2.26. The highest BCUT2D eigenvalue weighted by molar-refractivity contribution is 5.75. The molecule has 0 unspecified atom stereocenters. The Kier molecular flexibility index (Phi) is 5.44. The average molecular weight is 240 g/mol. The molecule has 3 heteroatoms. The second-order valence-electron chi connectivity index (χ2n) is 6.66. The number of rotatable bonds is 4. The molecule has 17 heavy (non-hydrogen) atoms. The Morgan fingerprint density at radius 1 is 1.24 bits per heavy atom. The van der Waals surface area contributed by atoms with Gasteiger partial charge in [-0.25, -0.2) is 0 Å². The van der Waals surface area contributed by atoms with Gasteiger partial charge in [-0.2, -0.15) is 0 Å². The summed E-state index contributed by atoms with van der Waals surface area (Å²) < 4.78 is 0. The van der Waals surface area contributed by atoms with Crippen LogP contribution in [0.1, 0.15) is 59.3 Å². The third-order valence-electron chi connectivity index (χ3n) is 3.49. The summed E-state index contributed by atoms with van der Waals surface area (Å²) in [5.41, 5.74) is 6.04. The first-order chi connectivity index (χ1) is 7.87. The maximum absolute atomic E-state index is 11.7. The van der Waals surface area contributed by atoms with Crippen LogP contribution in [-0.2, 0) is 4.79 Å². The molecule has 0 saturated heterocycles. The molecule has 1 aliphatic carbocycles. The Bertz CT molecular complexity index is 237. The molecule has 3 nitrogen and oxygen atoms in total. The zero-order valence-corrected chi connectivity index (χ0v) is 11.6. The van der Waals surface area contributed by atoms with E-state index >= 15 is 0 Å². The van der Waals surface area contributed by atoms with Crippen LogP contribution < -0.4 is 11.1 Å². The normalized spacial score (nSPS) is 25.6. The van der Waals surface area contributed by atoms with Crippen molar-refractivity contribution in [2.75, 3.05) is 6.54 Å². The van der Waals surface area contributed by atoms with Gasteiger partial charge in [-0.05, 0) is 43.4 Å². The molecule has 0 aromatic rings. The highest BCUT2D eigenvalue weighted by atomic mass is 16.1. The van der Waals surface area contributed by atoms with Crippen LogP contribution in [0.25, 0.3) is 0 Å². The molecular weight excluding hydrogens is 212 g/mol. The zero-order chi connectivity index (χ0) is 12.9. The third-order valence-corrected chi connectivity index (χ3v) is 3.49. The summed E-state index contributed by atoms with van der Waals surface area (Å²) in [7, 11) is 0. The number of nitrogens with two attached hydrogens (primary N) is 1. The van der Waals surface area contributed by atoms with Crippen LogP contribution in [0.2, 0.25) is 0 Å². The molecule has 0 radical (unpaired) electrons. The van der Waals surface area contributed by atoms with Crippen LogP contribution in [0.3, 0.4) is 0 Å². The Morgan fingerprint density at radius 3 is 2.35 bits per heavy atom. The lowest BCUT2D eigenvalue weighted by molar-refractivity contribution is -0.121. The number of amides is 1. The maximum atomic E-state index is 11.7. The minimum Gasteiger partial charge on any atom is -0.356 e. The van der Waals surface area contributed by atoms with Gasteiger partial charge in [0, 0.05) is 19.0 Å². The van der Waals surface area contributed by atoms with Gasteiger partial charge in [0.05, 0.1) is 0 Å². The van der Waals surface area contributed by atoms with Gasteiger partial charge in [0.15, 0.2) is 0 Å². The first-order valence-corrected chi connectivity index (χ1v) is 6.89. The predicted molar refractivity (Wildman–Crippen MR) is 71.6 cm³/mol. The van der Waals surface area contributed by atoms with E-state index in [1.807, 2.05) is 0 Å². The van der Waals surface area contributed by atoms with Crippen LogP contribution >= 0.6 is 0 Å². The van der Waals surface area contributed by atoms with E-state index in [0.29, 0.717) is 12.5 Å². The molecule has 100 valence electrons. The van der Waals surface area contributed by atoms with Crippen molar-refractivity contribution in [3.8, 4) is 0 Å². The Hall–Kier alpha value is -0.570. The quantitative estimate of drug-likeness (QED) is 0.793. The highest BCUT2D eigenvalue weighted by Crippen LogP contribution is 2.26. The largest absolute Gasteiger partial charge is 0.356 e. The van der Waals surface area contributed by atoms with E-state index < -0.39 is 0 Å². The van der Waals surface area contributed by atoms with Gasteiger partial charge in [-0.1, -0.05) is 20.8 Å². The minimum absolute atomic E-state index is 0.174. The van der Waals surface area contributed by atoms with Crippen molar-refractivity contribution in [1.82, 2.24) is 5.32 Å². The van der Waals surface area contributed by atoms with E-state index in [1.165, 1.54) is 12.8 Å². The van der Waals surface area contributed by atoms with E-state index in [2.05, 4.69) is 26.1 Å². The summed E-state index contributed by atoms with van der Waals surface area (Å²) >= 11 is 0. The number of nitrogens with one attached hydrogen (secondary N) is 1. The summed E-state index contributed by atoms with van der Waals surface area (Å²) in [5, 5.41) is 3.01. The smallest absolute Gasteiger partial charge is 0.220 e. The number of hydrogen-bond acceptors (Lipinski definition) is 2. The second kappa shape index (κ2) is 6.39.